The lowest BCUT2D eigenvalue weighted by Gasteiger charge is -2.09. The average Bonchev–Trinajstić information content (AvgIpc) is 2.53. The molecule has 3 nitrogen and oxygen atoms in total. The van der Waals surface area contributed by atoms with Crippen molar-refractivity contribution in [2.45, 2.75) is 12.7 Å². The van der Waals surface area contributed by atoms with Crippen LogP contribution in [-0.2, 0) is 15.9 Å². The summed E-state index contributed by atoms with van der Waals surface area (Å²) in [6.07, 6.45) is 1.47. The molecule has 1 heterocycles. The van der Waals surface area contributed by atoms with Gasteiger partial charge in [0, 0.05) is 6.42 Å². The molecule has 2 rings (SSSR count). The Kier molecular flexibility index (Phi) is 2.08. The second-order valence-corrected chi connectivity index (χ2v) is 2.83. The topological polar surface area (TPSA) is 38.7 Å². The molecule has 0 saturated carbocycles. The lowest BCUT2D eigenvalue weighted by atomic mass is 10.1. The molecule has 13 heavy (non-hydrogen) atoms. The molecule has 3 heteroatoms. The summed E-state index contributed by atoms with van der Waals surface area (Å²) in [7, 11) is 0. The molecule has 1 aromatic carbocycles. The van der Waals surface area contributed by atoms with Crippen molar-refractivity contribution >= 4 is 0 Å². The molecule has 1 N–H and O–H groups in total. The molecule has 0 bridgehead atoms. The van der Waals surface area contributed by atoms with Crippen LogP contribution < -0.4 is 0 Å². The minimum absolute atomic E-state index is 0.152. The average molecular weight is 178 g/mol. The lowest BCUT2D eigenvalue weighted by Crippen LogP contribution is -2.11. The van der Waals surface area contributed by atoms with Crippen molar-refractivity contribution in [1.82, 2.24) is 0 Å². The fourth-order valence-corrected chi connectivity index (χ4v) is 1.22. The highest BCUT2D eigenvalue weighted by molar-refractivity contribution is 5.15. The third-order valence-electron chi connectivity index (χ3n) is 1.82. The van der Waals surface area contributed by atoms with Gasteiger partial charge in [0.1, 0.15) is 0 Å². The quantitative estimate of drug-likeness (QED) is 0.752. The lowest BCUT2D eigenvalue weighted by molar-refractivity contribution is -0.0559. The molecule has 0 fully saturated rings. The Balaban J connectivity index is 1.94. The fraction of sp³-hybridized carbons (Fsp3) is 0.200. The summed E-state index contributed by atoms with van der Waals surface area (Å²) in [6.45, 7) is 0. The third kappa shape index (κ3) is 1.93. The number of ether oxygens (including phenoxy) is 2. The SMILES string of the molecule is OC1=COC(Cc2ccccc2)O1. The van der Waals surface area contributed by atoms with Crippen LogP contribution in [-0.4, -0.2) is 11.4 Å². The van der Waals surface area contributed by atoms with Gasteiger partial charge in [0.2, 0.25) is 6.29 Å². The smallest absolute Gasteiger partial charge is 0.316 e. The molecule has 0 radical (unpaired) electrons. The van der Waals surface area contributed by atoms with Crippen molar-refractivity contribution in [3.05, 3.63) is 48.1 Å². The number of aliphatic hydroxyl groups excluding tert-OH is 1. The van der Waals surface area contributed by atoms with Gasteiger partial charge in [-0.2, -0.15) is 0 Å². The minimum atomic E-state index is -0.387. The Morgan fingerprint density at radius 1 is 1.23 bits per heavy atom. The first-order chi connectivity index (χ1) is 6.34. The van der Waals surface area contributed by atoms with Crippen molar-refractivity contribution in [2.24, 2.45) is 0 Å². The predicted molar refractivity (Wildman–Crippen MR) is 46.8 cm³/mol. The first-order valence-electron chi connectivity index (χ1n) is 4.10. The maximum atomic E-state index is 8.89. The van der Waals surface area contributed by atoms with Crippen molar-refractivity contribution in [1.29, 1.82) is 0 Å². The fourth-order valence-electron chi connectivity index (χ4n) is 1.22. The monoisotopic (exact) mass is 178 g/mol. The Hall–Kier alpha value is -1.64. The molecule has 68 valence electrons. The van der Waals surface area contributed by atoms with Gasteiger partial charge in [-0.05, 0) is 5.56 Å². The van der Waals surface area contributed by atoms with Crippen LogP contribution in [0.4, 0.5) is 0 Å². The molecule has 1 aromatic rings. The van der Waals surface area contributed by atoms with Gasteiger partial charge >= 0.3 is 5.95 Å². The van der Waals surface area contributed by atoms with E-state index in [1.165, 1.54) is 6.26 Å². The highest BCUT2D eigenvalue weighted by atomic mass is 16.8. The van der Waals surface area contributed by atoms with Gasteiger partial charge in [-0.1, -0.05) is 30.3 Å². The van der Waals surface area contributed by atoms with Gasteiger partial charge in [0.15, 0.2) is 6.26 Å². The van der Waals surface area contributed by atoms with Gasteiger partial charge in [0.25, 0.3) is 0 Å². The van der Waals surface area contributed by atoms with E-state index in [0.29, 0.717) is 6.42 Å². The van der Waals surface area contributed by atoms with Crippen molar-refractivity contribution < 1.29 is 14.6 Å². The number of hydrogen-bond donors (Lipinski definition) is 1. The molecule has 1 unspecified atom stereocenters. The summed E-state index contributed by atoms with van der Waals surface area (Å²) in [5, 5.41) is 8.89. The van der Waals surface area contributed by atoms with Crippen LogP contribution >= 0.6 is 0 Å². The molecule has 0 spiro atoms. The highest BCUT2D eigenvalue weighted by Gasteiger charge is 2.18. The number of hydrogen-bond acceptors (Lipinski definition) is 3. The number of benzene rings is 1. The zero-order valence-corrected chi connectivity index (χ0v) is 7.01. The summed E-state index contributed by atoms with van der Waals surface area (Å²) < 4.78 is 9.99. The first kappa shape index (κ1) is 7.98. The van der Waals surface area contributed by atoms with Crippen LogP contribution in [0.25, 0.3) is 0 Å². The van der Waals surface area contributed by atoms with E-state index >= 15 is 0 Å². The van der Waals surface area contributed by atoms with Crippen molar-refractivity contribution in [3.8, 4) is 0 Å². The van der Waals surface area contributed by atoms with Crippen LogP contribution in [0, 0.1) is 0 Å². The minimum Gasteiger partial charge on any atom is -0.479 e. The van der Waals surface area contributed by atoms with Gasteiger partial charge in [0.05, 0.1) is 0 Å². The second kappa shape index (κ2) is 3.39. The number of aliphatic hydroxyl groups is 1. The Morgan fingerprint density at radius 3 is 2.62 bits per heavy atom. The van der Waals surface area contributed by atoms with Crippen molar-refractivity contribution in [2.75, 3.05) is 0 Å². The van der Waals surface area contributed by atoms with Gasteiger partial charge in [-0.25, -0.2) is 0 Å². The summed E-state index contributed by atoms with van der Waals surface area (Å²) >= 11 is 0. The molecule has 1 aliphatic rings. The Bertz CT molecular complexity index is 305. The largest absolute Gasteiger partial charge is 0.479 e. The van der Waals surface area contributed by atoms with E-state index in [1.807, 2.05) is 30.3 Å². The van der Waals surface area contributed by atoms with E-state index < -0.39 is 0 Å². The van der Waals surface area contributed by atoms with Crippen LogP contribution in [0.15, 0.2) is 42.5 Å². The van der Waals surface area contributed by atoms with Crippen LogP contribution in [0.2, 0.25) is 0 Å². The molecule has 1 aliphatic heterocycles. The third-order valence-corrected chi connectivity index (χ3v) is 1.82. The van der Waals surface area contributed by atoms with Crippen LogP contribution in [0.1, 0.15) is 5.56 Å². The first-order valence-corrected chi connectivity index (χ1v) is 4.10. The highest BCUT2D eigenvalue weighted by Crippen LogP contribution is 2.15. The second-order valence-electron chi connectivity index (χ2n) is 2.83. The molecular formula is C10H10O3. The standard InChI is InChI=1S/C10H10O3/c11-9-7-12-10(13-9)6-8-4-2-1-3-5-8/h1-5,7,10-11H,6H2. The summed E-state index contributed by atoms with van der Waals surface area (Å²) in [5.41, 5.74) is 1.12. The van der Waals surface area contributed by atoms with E-state index in [4.69, 9.17) is 14.6 Å². The Labute approximate surface area is 76.2 Å². The molecular weight excluding hydrogens is 168 g/mol. The maximum Gasteiger partial charge on any atom is 0.316 e. The van der Waals surface area contributed by atoms with E-state index in [1.54, 1.807) is 0 Å². The van der Waals surface area contributed by atoms with Gasteiger partial charge in [-0.15, -0.1) is 0 Å². The summed E-state index contributed by atoms with van der Waals surface area (Å²) in [6, 6.07) is 9.84. The van der Waals surface area contributed by atoms with Crippen LogP contribution in [0.3, 0.4) is 0 Å². The van der Waals surface area contributed by atoms with Crippen LogP contribution in [0.5, 0.6) is 0 Å². The molecule has 1 atom stereocenters. The van der Waals surface area contributed by atoms with Gasteiger partial charge < -0.3 is 14.6 Å². The zero-order valence-electron chi connectivity index (χ0n) is 7.01. The number of rotatable bonds is 2. The Morgan fingerprint density at radius 2 is 2.00 bits per heavy atom. The predicted octanol–water partition coefficient (Wildman–Crippen LogP) is 1.96. The van der Waals surface area contributed by atoms with E-state index in [9.17, 15) is 0 Å². The summed E-state index contributed by atoms with van der Waals surface area (Å²) in [5.74, 6) is -0.152. The maximum absolute atomic E-state index is 8.89. The summed E-state index contributed by atoms with van der Waals surface area (Å²) in [4.78, 5) is 0. The molecule has 0 saturated heterocycles. The normalized spacial score (nSPS) is 20.3. The molecule has 0 aromatic heterocycles. The molecule has 0 amide bonds. The van der Waals surface area contributed by atoms with E-state index in [-0.39, 0.29) is 12.2 Å². The van der Waals surface area contributed by atoms with E-state index in [2.05, 4.69) is 0 Å². The zero-order chi connectivity index (χ0) is 9.10. The molecule has 0 aliphatic carbocycles. The van der Waals surface area contributed by atoms with E-state index in [0.717, 1.165) is 5.56 Å². The van der Waals surface area contributed by atoms with Crippen molar-refractivity contribution in [3.63, 3.8) is 0 Å². The van der Waals surface area contributed by atoms with Gasteiger partial charge in [-0.3, -0.25) is 0 Å².